The molecule has 30 rings (SSSR count). The van der Waals surface area contributed by atoms with Gasteiger partial charge in [-0.05, 0) is 165 Å². The van der Waals surface area contributed by atoms with Gasteiger partial charge >= 0.3 is 0 Å². The molecule has 0 bridgehead atoms. The van der Waals surface area contributed by atoms with Gasteiger partial charge in [0.1, 0.15) is 16.8 Å². The first-order chi connectivity index (χ1) is 69.2. The van der Waals surface area contributed by atoms with E-state index in [1.807, 2.05) is 24.3 Å². The van der Waals surface area contributed by atoms with Gasteiger partial charge in [-0.1, -0.05) is 402 Å². The summed E-state index contributed by atoms with van der Waals surface area (Å²) in [7, 11) is 0. The zero-order valence-electron chi connectivity index (χ0n) is 76.1. The number of para-hydroxylation sites is 1. The topological polar surface area (TPSA) is 105 Å². The Morgan fingerprint density at radius 1 is 0.236 bits per heavy atom. The Labute approximate surface area is 807 Å². The van der Waals surface area contributed by atoms with E-state index in [0.717, 1.165) is 110 Å². The monoisotopic (exact) mass is 1800 g/mol. The molecule has 1 aliphatic rings. The molecular formula is C129H81N9OS. The van der Waals surface area contributed by atoms with E-state index in [0.29, 0.717) is 23.4 Å². The Hall–Kier alpha value is -18.2. The van der Waals surface area contributed by atoms with Crippen molar-refractivity contribution in [2.45, 2.75) is 19.3 Å². The largest absolute Gasteiger partial charge is 0.452 e. The van der Waals surface area contributed by atoms with Crippen LogP contribution in [0.15, 0.2) is 459 Å². The molecule has 0 aliphatic heterocycles. The van der Waals surface area contributed by atoms with Gasteiger partial charge in [0.25, 0.3) is 0 Å². The number of thiophene rings is 1. The maximum absolute atomic E-state index is 6.48. The Kier molecular flexibility index (Phi) is 18.4. The van der Waals surface area contributed by atoms with Crippen molar-refractivity contribution in [3.05, 3.63) is 466 Å². The van der Waals surface area contributed by atoms with Crippen molar-refractivity contribution in [1.29, 1.82) is 0 Å². The lowest BCUT2D eigenvalue weighted by Gasteiger charge is -2.24. The van der Waals surface area contributed by atoms with Crippen LogP contribution in [0.4, 0.5) is 0 Å². The molecule has 1 aliphatic carbocycles. The molecule has 0 saturated carbocycles. The molecule has 0 fully saturated rings. The van der Waals surface area contributed by atoms with Crippen LogP contribution in [0.2, 0.25) is 0 Å². The van der Waals surface area contributed by atoms with Gasteiger partial charge in [-0.25, -0.2) is 29.9 Å². The number of nitrogens with zero attached hydrogens (tertiary/aromatic N) is 9. The van der Waals surface area contributed by atoms with Crippen LogP contribution in [0, 0.1) is 0 Å². The van der Waals surface area contributed by atoms with E-state index in [2.05, 4.69) is 458 Å². The van der Waals surface area contributed by atoms with Crippen LogP contribution in [0.3, 0.4) is 0 Å². The molecule has 0 unspecified atom stereocenters. The first-order valence-corrected chi connectivity index (χ1v) is 48.4. The number of hydrogen-bond donors (Lipinski definition) is 0. The molecule has 10 nitrogen and oxygen atoms in total. The van der Waals surface area contributed by atoms with Crippen LogP contribution >= 0.6 is 11.3 Å². The molecule has 29 aromatic rings. The van der Waals surface area contributed by atoms with Gasteiger partial charge in [0.2, 0.25) is 17.8 Å². The van der Waals surface area contributed by atoms with Gasteiger partial charge in [0.05, 0.1) is 60.4 Å². The number of hydrogen-bond acceptors (Lipinski definition) is 8. The predicted molar refractivity (Wildman–Crippen MR) is 584 cm³/mol. The van der Waals surface area contributed by atoms with Crippen molar-refractivity contribution < 1.29 is 4.42 Å². The molecule has 11 heteroatoms. The van der Waals surface area contributed by atoms with Gasteiger partial charge in [0, 0.05) is 86.4 Å². The van der Waals surface area contributed by atoms with Crippen LogP contribution in [0.1, 0.15) is 25.0 Å². The second kappa shape index (κ2) is 32.0. The third kappa shape index (κ3) is 12.9. The highest BCUT2D eigenvalue weighted by Gasteiger charge is 2.41. The second-order valence-corrected chi connectivity index (χ2v) is 38.1. The lowest BCUT2D eigenvalue weighted by molar-refractivity contribution is 0.657. The van der Waals surface area contributed by atoms with Crippen molar-refractivity contribution in [3.63, 3.8) is 0 Å². The van der Waals surface area contributed by atoms with Crippen LogP contribution in [0.25, 0.3) is 269 Å². The van der Waals surface area contributed by atoms with Crippen LogP contribution in [-0.4, -0.2) is 43.6 Å². The summed E-state index contributed by atoms with van der Waals surface area (Å²) in [4.78, 5) is 32.5. The van der Waals surface area contributed by atoms with Crippen molar-refractivity contribution in [2.24, 2.45) is 0 Å². The average Bonchev–Trinajstić information content (AvgIpc) is 1.53. The molecular weight excluding hydrogens is 1720 g/mol. The minimum absolute atomic E-state index is 0.262. The summed E-state index contributed by atoms with van der Waals surface area (Å²) in [6.07, 6.45) is 0. The van der Waals surface area contributed by atoms with Gasteiger partial charge < -0.3 is 4.42 Å². The average molecular weight is 1810 g/mol. The van der Waals surface area contributed by atoms with Gasteiger partial charge in [-0.15, -0.1) is 11.3 Å². The van der Waals surface area contributed by atoms with E-state index in [-0.39, 0.29) is 5.41 Å². The van der Waals surface area contributed by atoms with Crippen molar-refractivity contribution in [3.8, 4) is 96.3 Å². The highest BCUT2D eigenvalue weighted by Crippen LogP contribution is 2.53. The van der Waals surface area contributed by atoms with Gasteiger partial charge in [0.15, 0.2) is 5.58 Å². The van der Waals surface area contributed by atoms with Gasteiger partial charge in [-0.2, -0.15) is 0 Å². The minimum Gasteiger partial charge on any atom is -0.452 e. The maximum Gasteiger partial charge on any atom is 0.236 e. The van der Waals surface area contributed by atoms with Gasteiger partial charge in [-0.3, -0.25) is 13.7 Å². The molecule has 8 heterocycles. The van der Waals surface area contributed by atoms with Crippen LogP contribution in [-0.2, 0) is 5.41 Å². The molecule has 8 aromatic heterocycles. The van der Waals surface area contributed by atoms with E-state index >= 15 is 0 Å². The Morgan fingerprint density at radius 3 is 1.14 bits per heavy atom. The minimum atomic E-state index is -0.262. The van der Waals surface area contributed by atoms with E-state index in [4.69, 9.17) is 34.3 Å². The van der Waals surface area contributed by atoms with Crippen molar-refractivity contribution >= 4 is 184 Å². The number of rotatable bonds is 9. The molecule has 0 atom stereocenters. The summed E-state index contributed by atoms with van der Waals surface area (Å²) < 4.78 is 15.6. The first kappa shape index (κ1) is 80.3. The zero-order chi connectivity index (χ0) is 92.4. The number of furan rings is 1. The van der Waals surface area contributed by atoms with E-state index in [1.54, 1.807) is 11.3 Å². The fourth-order valence-electron chi connectivity index (χ4n) is 22.1. The van der Waals surface area contributed by atoms with E-state index < -0.39 is 0 Å². The fourth-order valence-corrected chi connectivity index (χ4v) is 23.2. The summed E-state index contributed by atoms with van der Waals surface area (Å²) in [6.45, 7) is 4.62. The third-order valence-corrected chi connectivity index (χ3v) is 29.9. The quantitative estimate of drug-likeness (QED) is 0.142. The lowest BCUT2D eigenvalue weighted by atomic mass is 9.81. The number of fused-ring (bicyclic) bond motifs is 27. The van der Waals surface area contributed by atoms with Crippen LogP contribution in [0.5, 0.6) is 0 Å². The lowest BCUT2D eigenvalue weighted by Crippen LogP contribution is -2.18. The molecule has 0 saturated heterocycles. The summed E-state index contributed by atoms with van der Waals surface area (Å²) >= 11 is 1.77. The van der Waals surface area contributed by atoms with Crippen molar-refractivity contribution in [1.82, 2.24) is 43.6 Å². The summed E-state index contributed by atoms with van der Waals surface area (Å²) in [6, 6.07) is 162. The Bertz CT molecular complexity index is 9770. The third-order valence-electron chi connectivity index (χ3n) is 28.8. The SMILES string of the molecule is CC1(C)c2ccccc2-c2nc(-n3c4cc5ccccc5cc4c4ccc5ccccc5c43)nc(-c3ccc(-c4ccccc4)cc3)c21.c1ccc(-c2ccc(-c3nc(-n4c5cc6ccccc6cc5c5c6ccccc6ccc54)nc4c3oc3ccccc34)cc2)cc1.c1ccc(-c2ccc(-c3nc(-n4c5cc6ccccc6cc5c5c6ccccc6ccc54)nc4c3sc3ccccc34)cc2)cc1. The highest BCUT2D eigenvalue weighted by atomic mass is 32.1. The fraction of sp³-hybridized carbons (Fsp3) is 0.0233. The Balaban J connectivity index is 0.000000103. The van der Waals surface area contributed by atoms with E-state index in [1.165, 1.54) is 146 Å². The molecule has 0 amide bonds. The predicted octanol–water partition coefficient (Wildman–Crippen LogP) is 34.2. The molecule has 21 aromatic carbocycles. The molecule has 140 heavy (non-hydrogen) atoms. The maximum atomic E-state index is 6.48. The number of aromatic nitrogens is 9. The number of benzene rings is 21. The molecule has 654 valence electrons. The second-order valence-electron chi connectivity index (χ2n) is 37.1. The normalized spacial score (nSPS) is 12.4. The summed E-state index contributed by atoms with van der Waals surface area (Å²) in [5.41, 5.74) is 27.2. The standard InChI is InChI=1S/C45H31N3.C42H25N3O.C42H25N3S/c1-45(2)38-19-11-10-18-36(38)42-40(45)41(31-22-20-29(21-23-31)28-12-4-3-5-13-28)46-44(47-42)48-39-27-33-16-7-6-15-32(33)26-37(39)35-25-24-30-14-8-9-17-34(30)43(35)48;2*1-2-10-26(11-3-1)27-18-20-29(21-19-27)39-41-40(33-16-8-9-17-37(33)46-41)44-42(43-39)45-35-23-22-28-12-6-7-15-32(28)38(35)34-24-30-13-4-5-14-31(30)25-36(34)45/h3-27H,1-2H3;2*1-25H. The smallest absolute Gasteiger partial charge is 0.236 e. The highest BCUT2D eigenvalue weighted by molar-refractivity contribution is 7.26. The zero-order valence-corrected chi connectivity index (χ0v) is 77.0. The molecule has 0 spiro atoms. The van der Waals surface area contributed by atoms with Crippen molar-refractivity contribution in [2.75, 3.05) is 0 Å². The first-order valence-electron chi connectivity index (χ1n) is 47.6. The molecule has 0 radical (unpaired) electrons. The van der Waals surface area contributed by atoms with E-state index in [9.17, 15) is 0 Å². The summed E-state index contributed by atoms with van der Waals surface area (Å²) in [5, 5.41) is 23.8. The molecule has 0 N–H and O–H groups in total. The van der Waals surface area contributed by atoms with Crippen LogP contribution < -0.4 is 0 Å². The summed E-state index contributed by atoms with van der Waals surface area (Å²) in [5.74, 6) is 1.99. The Morgan fingerprint density at radius 2 is 0.600 bits per heavy atom.